The van der Waals surface area contributed by atoms with Crippen LogP contribution in [0.3, 0.4) is 0 Å². The molecule has 0 aliphatic rings. The molecule has 0 saturated carbocycles. The molecule has 0 radical (unpaired) electrons. The summed E-state index contributed by atoms with van der Waals surface area (Å²) in [5.41, 5.74) is -0.946. The smallest absolute Gasteiger partial charge is 0.480 e. The van der Waals surface area contributed by atoms with Crippen molar-refractivity contribution in [2.45, 2.75) is 45.1 Å². The second-order valence-electron chi connectivity index (χ2n) is 4.90. The van der Waals surface area contributed by atoms with Gasteiger partial charge in [0.15, 0.2) is 0 Å². The van der Waals surface area contributed by atoms with Crippen LogP contribution in [-0.2, 0) is 11.3 Å². The lowest BCUT2D eigenvalue weighted by atomic mass is 9.96. The summed E-state index contributed by atoms with van der Waals surface area (Å²) < 4.78 is 40.9. The van der Waals surface area contributed by atoms with Crippen molar-refractivity contribution in [3.63, 3.8) is 0 Å². The highest BCUT2D eigenvalue weighted by molar-refractivity contribution is 5.78. The van der Waals surface area contributed by atoms with Crippen LogP contribution < -0.4 is 10.1 Å². The van der Waals surface area contributed by atoms with Crippen LogP contribution >= 0.6 is 0 Å². The molecule has 1 atom stereocenters. The SMILES string of the molecule is CCCC(C)(NCc1ccccc1OC(F)(F)F)C(=O)O. The number of carbonyl (C=O) groups is 1. The minimum atomic E-state index is -4.78. The monoisotopic (exact) mass is 305 g/mol. The normalized spacial score (nSPS) is 14.5. The van der Waals surface area contributed by atoms with Gasteiger partial charge in [0, 0.05) is 12.1 Å². The first-order chi connectivity index (χ1) is 9.68. The number of carboxylic acids is 1. The molecule has 0 aliphatic heterocycles. The van der Waals surface area contributed by atoms with Gasteiger partial charge in [-0.1, -0.05) is 31.5 Å². The first-order valence-corrected chi connectivity index (χ1v) is 6.50. The quantitative estimate of drug-likeness (QED) is 0.811. The largest absolute Gasteiger partial charge is 0.573 e. The van der Waals surface area contributed by atoms with E-state index < -0.39 is 17.9 Å². The fraction of sp³-hybridized carbons (Fsp3) is 0.500. The van der Waals surface area contributed by atoms with Gasteiger partial charge in [-0.2, -0.15) is 0 Å². The van der Waals surface area contributed by atoms with Crippen LogP contribution in [0, 0.1) is 0 Å². The Bertz CT molecular complexity index is 491. The summed E-state index contributed by atoms with van der Waals surface area (Å²) in [5, 5.41) is 12.0. The van der Waals surface area contributed by atoms with Gasteiger partial charge in [-0.3, -0.25) is 10.1 Å². The zero-order chi connectivity index (χ0) is 16.1. The van der Waals surface area contributed by atoms with E-state index in [2.05, 4.69) is 10.1 Å². The van der Waals surface area contributed by atoms with Gasteiger partial charge in [0.05, 0.1) is 0 Å². The van der Waals surface area contributed by atoms with Crippen LogP contribution in [0.15, 0.2) is 24.3 Å². The molecule has 0 fully saturated rings. The van der Waals surface area contributed by atoms with E-state index in [9.17, 15) is 23.1 Å². The van der Waals surface area contributed by atoms with Gasteiger partial charge in [0.2, 0.25) is 0 Å². The van der Waals surface area contributed by atoms with Crippen molar-refractivity contribution in [1.29, 1.82) is 0 Å². The van der Waals surface area contributed by atoms with Crippen LogP contribution in [0.4, 0.5) is 13.2 Å². The molecule has 118 valence electrons. The number of carboxylic acid groups (broad SMARTS) is 1. The van der Waals surface area contributed by atoms with Crippen molar-refractivity contribution >= 4 is 5.97 Å². The Morgan fingerprint density at radius 3 is 2.48 bits per heavy atom. The Hall–Kier alpha value is -1.76. The van der Waals surface area contributed by atoms with E-state index in [4.69, 9.17) is 0 Å². The molecule has 0 bridgehead atoms. The predicted molar refractivity (Wildman–Crippen MR) is 70.9 cm³/mol. The molecule has 0 aromatic heterocycles. The standard InChI is InChI=1S/C14H18F3NO3/c1-3-8-13(2,12(19)20)18-9-10-6-4-5-7-11(10)21-14(15,16)17/h4-7,18H,3,8-9H2,1-2H3,(H,19,20). The molecule has 1 aromatic carbocycles. The number of hydrogen-bond acceptors (Lipinski definition) is 3. The fourth-order valence-corrected chi connectivity index (χ4v) is 1.94. The van der Waals surface area contributed by atoms with Crippen molar-refractivity contribution in [3.05, 3.63) is 29.8 Å². The van der Waals surface area contributed by atoms with Gasteiger partial charge in [-0.05, 0) is 19.4 Å². The first-order valence-electron chi connectivity index (χ1n) is 6.50. The summed E-state index contributed by atoms with van der Waals surface area (Å²) in [6.45, 7) is 3.31. The summed E-state index contributed by atoms with van der Waals surface area (Å²) in [6.07, 6.45) is -3.78. The van der Waals surface area contributed by atoms with Crippen molar-refractivity contribution < 1.29 is 27.8 Å². The van der Waals surface area contributed by atoms with Crippen LogP contribution in [0.1, 0.15) is 32.3 Å². The predicted octanol–water partition coefficient (Wildman–Crippen LogP) is 3.32. The third-order valence-electron chi connectivity index (χ3n) is 3.09. The van der Waals surface area contributed by atoms with E-state index in [0.29, 0.717) is 12.8 Å². The highest BCUT2D eigenvalue weighted by Crippen LogP contribution is 2.26. The molecule has 1 rings (SSSR count). The molecular weight excluding hydrogens is 287 g/mol. The summed E-state index contributed by atoms with van der Waals surface area (Å²) in [6, 6.07) is 5.65. The second-order valence-corrected chi connectivity index (χ2v) is 4.90. The summed E-state index contributed by atoms with van der Waals surface area (Å²) in [5.74, 6) is -1.37. The summed E-state index contributed by atoms with van der Waals surface area (Å²) >= 11 is 0. The molecule has 0 heterocycles. The highest BCUT2D eigenvalue weighted by Gasteiger charge is 2.34. The number of hydrogen-bond donors (Lipinski definition) is 2. The highest BCUT2D eigenvalue weighted by atomic mass is 19.4. The van der Waals surface area contributed by atoms with Crippen LogP contribution in [-0.4, -0.2) is 23.0 Å². The van der Waals surface area contributed by atoms with Crippen molar-refractivity contribution in [2.24, 2.45) is 0 Å². The number of alkyl halides is 3. The number of benzene rings is 1. The van der Waals surface area contributed by atoms with Gasteiger partial charge in [0.25, 0.3) is 0 Å². The maximum Gasteiger partial charge on any atom is 0.573 e. The van der Waals surface area contributed by atoms with E-state index in [0.717, 1.165) is 0 Å². The molecule has 1 unspecified atom stereocenters. The molecule has 4 nitrogen and oxygen atoms in total. The Labute approximate surface area is 120 Å². The summed E-state index contributed by atoms with van der Waals surface area (Å²) in [7, 11) is 0. The van der Waals surface area contributed by atoms with Crippen molar-refractivity contribution in [1.82, 2.24) is 5.32 Å². The maximum absolute atomic E-state index is 12.3. The van der Waals surface area contributed by atoms with Gasteiger partial charge in [-0.25, -0.2) is 0 Å². The number of ether oxygens (including phenoxy) is 1. The molecule has 2 N–H and O–H groups in total. The first kappa shape index (κ1) is 17.3. The van der Waals surface area contributed by atoms with E-state index in [1.54, 1.807) is 6.07 Å². The van der Waals surface area contributed by atoms with Gasteiger partial charge < -0.3 is 9.84 Å². The average molecular weight is 305 g/mol. The third-order valence-corrected chi connectivity index (χ3v) is 3.09. The number of rotatable bonds is 7. The molecule has 1 aromatic rings. The molecule has 21 heavy (non-hydrogen) atoms. The van der Waals surface area contributed by atoms with E-state index in [-0.39, 0.29) is 17.9 Å². The molecule has 0 aliphatic carbocycles. The number of nitrogens with one attached hydrogen (secondary N) is 1. The van der Waals surface area contributed by atoms with E-state index in [1.807, 2.05) is 6.92 Å². The Morgan fingerprint density at radius 1 is 1.33 bits per heavy atom. The van der Waals surface area contributed by atoms with Gasteiger partial charge in [-0.15, -0.1) is 13.2 Å². The zero-order valence-electron chi connectivity index (χ0n) is 11.8. The van der Waals surface area contributed by atoms with Crippen LogP contribution in [0.5, 0.6) is 5.75 Å². The number of halogens is 3. The van der Waals surface area contributed by atoms with Crippen molar-refractivity contribution in [3.8, 4) is 5.75 Å². The average Bonchev–Trinajstić information content (AvgIpc) is 2.36. The molecule has 7 heteroatoms. The maximum atomic E-state index is 12.3. The second kappa shape index (κ2) is 6.80. The minimum Gasteiger partial charge on any atom is -0.480 e. The Kier molecular flexibility index (Phi) is 5.60. The molecule has 0 spiro atoms. The lowest BCUT2D eigenvalue weighted by Gasteiger charge is -2.26. The fourth-order valence-electron chi connectivity index (χ4n) is 1.94. The van der Waals surface area contributed by atoms with Crippen molar-refractivity contribution in [2.75, 3.05) is 0 Å². The summed E-state index contributed by atoms with van der Waals surface area (Å²) in [4.78, 5) is 11.3. The van der Waals surface area contributed by atoms with Crippen LogP contribution in [0.25, 0.3) is 0 Å². The third kappa shape index (κ3) is 5.26. The van der Waals surface area contributed by atoms with E-state index >= 15 is 0 Å². The Morgan fingerprint density at radius 2 is 1.95 bits per heavy atom. The lowest BCUT2D eigenvalue weighted by molar-refractivity contribution is -0.274. The Balaban J connectivity index is 2.86. The number of para-hydroxylation sites is 1. The molecule has 0 amide bonds. The van der Waals surface area contributed by atoms with Gasteiger partial charge >= 0.3 is 12.3 Å². The topological polar surface area (TPSA) is 58.6 Å². The van der Waals surface area contributed by atoms with E-state index in [1.165, 1.54) is 25.1 Å². The molecular formula is C14H18F3NO3. The number of aliphatic carboxylic acids is 1. The lowest BCUT2D eigenvalue weighted by Crippen LogP contribution is -2.49. The zero-order valence-corrected chi connectivity index (χ0v) is 11.8. The molecule has 0 saturated heterocycles. The minimum absolute atomic E-state index is 0.0327. The van der Waals surface area contributed by atoms with Gasteiger partial charge in [0.1, 0.15) is 11.3 Å². The van der Waals surface area contributed by atoms with Crippen LogP contribution in [0.2, 0.25) is 0 Å².